The van der Waals surface area contributed by atoms with E-state index in [2.05, 4.69) is 11.4 Å². The zero-order valence-corrected chi connectivity index (χ0v) is 8.21. The molecule has 0 fully saturated rings. The topological polar surface area (TPSA) is 55.1 Å². The first-order valence-corrected chi connectivity index (χ1v) is 4.84. The lowest BCUT2D eigenvalue weighted by Gasteiger charge is -2.06. The van der Waals surface area contributed by atoms with Gasteiger partial charge in [0, 0.05) is 5.69 Å². The maximum atomic E-state index is 11.6. The van der Waals surface area contributed by atoms with Gasteiger partial charge in [-0.15, -0.1) is 0 Å². The monoisotopic (exact) mass is 190 g/mol. The largest absolute Gasteiger partial charge is 0.330 e. The molecule has 14 heavy (non-hydrogen) atoms. The van der Waals surface area contributed by atoms with Crippen molar-refractivity contribution < 1.29 is 4.79 Å². The van der Waals surface area contributed by atoms with E-state index in [9.17, 15) is 4.79 Å². The molecule has 0 saturated carbocycles. The van der Waals surface area contributed by atoms with Crippen LogP contribution in [0.3, 0.4) is 0 Å². The summed E-state index contributed by atoms with van der Waals surface area (Å²) in [7, 11) is 0. The molecule has 1 aromatic carbocycles. The van der Waals surface area contributed by atoms with E-state index < -0.39 is 0 Å². The van der Waals surface area contributed by atoms with Gasteiger partial charge in [-0.25, -0.2) is 0 Å². The van der Waals surface area contributed by atoms with Crippen molar-refractivity contribution in [2.75, 3.05) is 11.9 Å². The molecular weight excluding hydrogens is 176 g/mol. The zero-order chi connectivity index (χ0) is 10.1. The van der Waals surface area contributed by atoms with Gasteiger partial charge in [-0.05, 0) is 31.5 Å². The molecule has 0 bridgehead atoms. The number of fused-ring (bicyclic) bond motifs is 1. The van der Waals surface area contributed by atoms with Crippen molar-refractivity contribution in [2.45, 2.75) is 19.3 Å². The summed E-state index contributed by atoms with van der Waals surface area (Å²) < 4.78 is 0. The third kappa shape index (κ3) is 1.40. The lowest BCUT2D eigenvalue weighted by Crippen LogP contribution is -2.15. The Balaban J connectivity index is 2.39. The number of amides is 1. The van der Waals surface area contributed by atoms with E-state index in [1.807, 2.05) is 19.1 Å². The Labute approximate surface area is 83.3 Å². The Kier molecular flexibility index (Phi) is 2.25. The molecule has 1 aromatic rings. The van der Waals surface area contributed by atoms with Crippen LogP contribution >= 0.6 is 0 Å². The molecule has 0 aromatic heterocycles. The molecule has 0 unspecified atom stereocenters. The van der Waals surface area contributed by atoms with E-state index >= 15 is 0 Å². The van der Waals surface area contributed by atoms with Gasteiger partial charge in [0.2, 0.25) is 5.91 Å². The van der Waals surface area contributed by atoms with Crippen LogP contribution in [-0.4, -0.2) is 12.5 Å². The summed E-state index contributed by atoms with van der Waals surface area (Å²) in [6, 6.07) is 6.02. The van der Waals surface area contributed by atoms with Crippen molar-refractivity contribution in [3.05, 3.63) is 29.3 Å². The number of carbonyl (C=O) groups excluding carboxylic acids is 1. The maximum Gasteiger partial charge on any atom is 0.232 e. The number of carbonyl (C=O) groups is 1. The van der Waals surface area contributed by atoms with Gasteiger partial charge >= 0.3 is 0 Å². The third-order valence-electron chi connectivity index (χ3n) is 2.61. The highest BCUT2D eigenvalue weighted by molar-refractivity contribution is 6.02. The van der Waals surface area contributed by atoms with Gasteiger partial charge in [-0.2, -0.15) is 0 Å². The van der Waals surface area contributed by atoms with Crippen LogP contribution in [0.25, 0.3) is 0 Å². The molecule has 74 valence electrons. The van der Waals surface area contributed by atoms with Crippen LogP contribution < -0.4 is 11.1 Å². The molecule has 3 N–H and O–H groups in total. The third-order valence-corrected chi connectivity index (χ3v) is 2.61. The summed E-state index contributed by atoms with van der Waals surface area (Å²) in [6.07, 6.45) is 0.724. The van der Waals surface area contributed by atoms with Crippen LogP contribution in [0.1, 0.15) is 23.5 Å². The molecule has 1 heterocycles. The number of benzene rings is 1. The SMILES string of the molecule is Cc1ccc2c(c1)[C@@H](CCN)C(=O)N2. The van der Waals surface area contributed by atoms with Crippen LogP contribution in [0.15, 0.2) is 18.2 Å². The van der Waals surface area contributed by atoms with E-state index in [4.69, 9.17) is 5.73 Å². The number of nitrogens with two attached hydrogens (primary N) is 1. The molecule has 0 aliphatic carbocycles. The predicted octanol–water partition coefficient (Wildman–Crippen LogP) is 1.38. The highest BCUT2D eigenvalue weighted by atomic mass is 16.2. The average molecular weight is 190 g/mol. The van der Waals surface area contributed by atoms with Crippen LogP contribution in [0.2, 0.25) is 0 Å². The lowest BCUT2D eigenvalue weighted by atomic mass is 9.96. The second kappa shape index (κ2) is 3.42. The Bertz CT molecular complexity index is 374. The number of anilines is 1. The highest BCUT2D eigenvalue weighted by Crippen LogP contribution is 2.34. The normalized spacial score (nSPS) is 19.3. The Morgan fingerprint density at radius 2 is 2.29 bits per heavy atom. The van der Waals surface area contributed by atoms with Crippen molar-refractivity contribution in [1.82, 2.24) is 0 Å². The smallest absolute Gasteiger partial charge is 0.232 e. The van der Waals surface area contributed by atoms with Gasteiger partial charge in [0.25, 0.3) is 0 Å². The standard InChI is InChI=1S/C11H14N2O/c1-7-2-3-10-9(6-7)8(4-5-12)11(14)13-10/h2-3,6,8H,4-5,12H2,1H3,(H,13,14)/t8-/m1/s1. The van der Waals surface area contributed by atoms with Crippen molar-refractivity contribution in [3.63, 3.8) is 0 Å². The average Bonchev–Trinajstić information content (AvgIpc) is 2.45. The molecule has 1 aliphatic rings. The fourth-order valence-electron chi connectivity index (χ4n) is 1.90. The van der Waals surface area contributed by atoms with Gasteiger partial charge in [0.15, 0.2) is 0 Å². The predicted molar refractivity (Wildman–Crippen MR) is 56.2 cm³/mol. The van der Waals surface area contributed by atoms with Gasteiger partial charge in [-0.3, -0.25) is 4.79 Å². The van der Waals surface area contributed by atoms with E-state index in [0.717, 1.165) is 17.7 Å². The molecule has 3 heteroatoms. The van der Waals surface area contributed by atoms with Gasteiger partial charge in [-0.1, -0.05) is 17.7 Å². The Hall–Kier alpha value is -1.35. The summed E-state index contributed by atoms with van der Waals surface area (Å²) in [5, 5.41) is 2.86. The fraction of sp³-hybridized carbons (Fsp3) is 0.364. The van der Waals surface area contributed by atoms with E-state index in [1.54, 1.807) is 0 Å². The number of rotatable bonds is 2. The summed E-state index contributed by atoms with van der Waals surface area (Å²) in [4.78, 5) is 11.6. The van der Waals surface area contributed by atoms with Crippen LogP contribution in [0.4, 0.5) is 5.69 Å². The molecule has 3 nitrogen and oxygen atoms in total. The van der Waals surface area contributed by atoms with Crippen molar-refractivity contribution in [2.24, 2.45) is 5.73 Å². The molecule has 0 saturated heterocycles. The zero-order valence-electron chi connectivity index (χ0n) is 8.21. The minimum Gasteiger partial charge on any atom is -0.330 e. The number of hydrogen-bond donors (Lipinski definition) is 2. The van der Waals surface area contributed by atoms with Gasteiger partial charge in [0.05, 0.1) is 5.92 Å². The van der Waals surface area contributed by atoms with Gasteiger partial charge < -0.3 is 11.1 Å². The lowest BCUT2D eigenvalue weighted by molar-refractivity contribution is -0.117. The second-order valence-electron chi connectivity index (χ2n) is 3.71. The number of nitrogens with one attached hydrogen (secondary N) is 1. The molecule has 1 amide bonds. The van der Waals surface area contributed by atoms with Crippen LogP contribution in [0.5, 0.6) is 0 Å². The summed E-state index contributed by atoms with van der Waals surface area (Å²) in [5.74, 6) is 0.0333. The molecule has 1 atom stereocenters. The molecule has 0 radical (unpaired) electrons. The summed E-state index contributed by atoms with van der Waals surface area (Å²) in [6.45, 7) is 2.58. The Morgan fingerprint density at radius 3 is 3.00 bits per heavy atom. The van der Waals surface area contributed by atoms with E-state index in [0.29, 0.717) is 6.54 Å². The number of aryl methyl sites for hydroxylation is 1. The second-order valence-corrected chi connectivity index (χ2v) is 3.71. The summed E-state index contributed by atoms with van der Waals surface area (Å²) in [5.41, 5.74) is 8.71. The minimum atomic E-state index is -0.0464. The fourth-order valence-corrected chi connectivity index (χ4v) is 1.90. The Morgan fingerprint density at radius 1 is 1.50 bits per heavy atom. The van der Waals surface area contributed by atoms with Crippen molar-refractivity contribution in [1.29, 1.82) is 0 Å². The first-order chi connectivity index (χ1) is 6.72. The highest BCUT2D eigenvalue weighted by Gasteiger charge is 2.29. The van der Waals surface area contributed by atoms with E-state index in [1.165, 1.54) is 5.56 Å². The molecular formula is C11H14N2O. The minimum absolute atomic E-state index is 0.0464. The molecule has 2 rings (SSSR count). The van der Waals surface area contributed by atoms with E-state index in [-0.39, 0.29) is 11.8 Å². The molecule has 0 spiro atoms. The van der Waals surface area contributed by atoms with Crippen molar-refractivity contribution >= 4 is 11.6 Å². The summed E-state index contributed by atoms with van der Waals surface area (Å²) >= 11 is 0. The number of hydrogen-bond acceptors (Lipinski definition) is 2. The maximum absolute atomic E-state index is 11.6. The van der Waals surface area contributed by atoms with Crippen LogP contribution in [0, 0.1) is 6.92 Å². The van der Waals surface area contributed by atoms with Crippen LogP contribution in [-0.2, 0) is 4.79 Å². The van der Waals surface area contributed by atoms with Crippen molar-refractivity contribution in [3.8, 4) is 0 Å². The molecule has 1 aliphatic heterocycles. The van der Waals surface area contributed by atoms with Gasteiger partial charge in [0.1, 0.15) is 0 Å². The first-order valence-electron chi connectivity index (χ1n) is 4.84. The first kappa shape index (κ1) is 9.21. The quantitative estimate of drug-likeness (QED) is 0.740.